The minimum atomic E-state index is 1.06. The monoisotopic (exact) mass is 317 g/mol. The van der Waals surface area contributed by atoms with Crippen LogP contribution in [0.3, 0.4) is 0 Å². The molecule has 0 radical (unpaired) electrons. The molecule has 0 aliphatic heterocycles. The van der Waals surface area contributed by atoms with Crippen molar-refractivity contribution in [3.05, 3.63) is 45.0 Å². The smallest absolute Gasteiger partial charge is 0.154 e. The van der Waals surface area contributed by atoms with Gasteiger partial charge in [0.1, 0.15) is 0 Å². The molecule has 1 aromatic rings. The normalized spacial score (nSPS) is 12.3. The summed E-state index contributed by atoms with van der Waals surface area (Å²) in [6, 6.07) is 0. The fourth-order valence-electron chi connectivity index (χ4n) is 0.945. The molecule has 0 unspecified atom stereocenters. The molecule has 1 rings (SSSR count). The van der Waals surface area contributed by atoms with Gasteiger partial charge in [-0.2, -0.15) is 0 Å². The van der Waals surface area contributed by atoms with Crippen LogP contribution in [0, 0.1) is 3.01 Å². The molecule has 0 fully saturated rings. The Hall–Kier alpha value is -0.420. The number of rotatable bonds is 4. The molecule has 0 aliphatic carbocycles. The first-order valence-electron chi connectivity index (χ1n) is 4.39. The van der Waals surface area contributed by atoms with E-state index in [4.69, 9.17) is 0 Å². The van der Waals surface area contributed by atoms with E-state index in [1.54, 1.807) is 11.3 Å². The van der Waals surface area contributed by atoms with Crippen molar-refractivity contribution in [3.8, 4) is 0 Å². The number of nitrogens with zero attached hydrogens (tertiary/aromatic N) is 1. The van der Waals surface area contributed by atoms with Crippen LogP contribution in [0.5, 0.6) is 0 Å². The second-order valence-corrected chi connectivity index (χ2v) is 5.42. The van der Waals surface area contributed by atoms with Crippen LogP contribution < -0.4 is 0 Å². The van der Waals surface area contributed by atoms with Crippen molar-refractivity contribution in [3.63, 3.8) is 0 Å². The Morgan fingerprint density at radius 1 is 1.71 bits per heavy atom. The Balaban J connectivity index is 2.86. The van der Waals surface area contributed by atoms with E-state index in [1.807, 2.05) is 12.3 Å². The van der Waals surface area contributed by atoms with E-state index in [-0.39, 0.29) is 0 Å². The molecule has 3 heteroatoms. The summed E-state index contributed by atoms with van der Waals surface area (Å²) < 4.78 is 1.06. The highest BCUT2D eigenvalue weighted by atomic mass is 127. The summed E-state index contributed by atoms with van der Waals surface area (Å²) in [5.41, 5.74) is 1.13. The van der Waals surface area contributed by atoms with Crippen LogP contribution in [0.25, 0.3) is 5.57 Å². The second-order valence-electron chi connectivity index (χ2n) is 2.64. The minimum Gasteiger partial charge on any atom is -0.238 e. The SMILES string of the molecule is C=C/C(=C\C=C/CC)c1cnc(I)s1. The van der Waals surface area contributed by atoms with Crippen LogP contribution in [-0.2, 0) is 0 Å². The topological polar surface area (TPSA) is 12.9 Å². The van der Waals surface area contributed by atoms with Crippen LogP contribution in [-0.4, -0.2) is 4.98 Å². The van der Waals surface area contributed by atoms with Crippen molar-refractivity contribution in [2.75, 3.05) is 0 Å². The Kier molecular flexibility index (Phi) is 5.11. The van der Waals surface area contributed by atoms with Gasteiger partial charge in [-0.3, -0.25) is 0 Å². The highest BCUT2D eigenvalue weighted by Crippen LogP contribution is 2.23. The van der Waals surface area contributed by atoms with E-state index >= 15 is 0 Å². The van der Waals surface area contributed by atoms with Gasteiger partial charge in [0.15, 0.2) is 3.01 Å². The van der Waals surface area contributed by atoms with Crippen LogP contribution in [0.15, 0.2) is 37.1 Å². The molecular formula is C11H12INS. The molecule has 74 valence electrons. The largest absolute Gasteiger partial charge is 0.238 e. The molecule has 14 heavy (non-hydrogen) atoms. The van der Waals surface area contributed by atoms with Gasteiger partial charge in [-0.25, -0.2) is 4.98 Å². The van der Waals surface area contributed by atoms with Crippen molar-refractivity contribution in [1.82, 2.24) is 4.98 Å². The van der Waals surface area contributed by atoms with Crippen molar-refractivity contribution in [2.45, 2.75) is 13.3 Å². The average Bonchev–Trinajstić information content (AvgIpc) is 2.60. The summed E-state index contributed by atoms with van der Waals surface area (Å²) in [4.78, 5) is 5.38. The Morgan fingerprint density at radius 3 is 3.00 bits per heavy atom. The number of aromatic nitrogens is 1. The van der Waals surface area contributed by atoms with Gasteiger partial charge in [0.05, 0.1) is 4.88 Å². The van der Waals surface area contributed by atoms with Crippen molar-refractivity contribution in [1.29, 1.82) is 0 Å². The highest BCUT2D eigenvalue weighted by Gasteiger charge is 2.00. The van der Waals surface area contributed by atoms with E-state index in [0.717, 1.165) is 15.0 Å². The van der Waals surface area contributed by atoms with Crippen LogP contribution in [0.1, 0.15) is 18.2 Å². The highest BCUT2D eigenvalue weighted by molar-refractivity contribution is 14.1. The lowest BCUT2D eigenvalue weighted by molar-refractivity contribution is 1.22. The molecule has 0 saturated carbocycles. The fourth-order valence-corrected chi connectivity index (χ4v) is 2.46. The van der Waals surface area contributed by atoms with Crippen molar-refractivity contribution >= 4 is 39.5 Å². The third-order valence-corrected chi connectivity index (χ3v) is 3.40. The van der Waals surface area contributed by atoms with Gasteiger partial charge in [0.25, 0.3) is 0 Å². The zero-order valence-electron chi connectivity index (χ0n) is 8.03. The Labute approximate surface area is 102 Å². The third-order valence-electron chi connectivity index (χ3n) is 1.63. The van der Waals surface area contributed by atoms with Gasteiger partial charge in [-0.1, -0.05) is 37.8 Å². The maximum Gasteiger partial charge on any atom is 0.154 e. The van der Waals surface area contributed by atoms with Crippen molar-refractivity contribution < 1.29 is 0 Å². The van der Waals surface area contributed by atoms with E-state index < -0.39 is 0 Å². The molecule has 0 spiro atoms. The lowest BCUT2D eigenvalue weighted by Gasteiger charge is -1.93. The number of thiazole rings is 1. The van der Waals surface area contributed by atoms with Crippen LogP contribution >= 0.6 is 33.9 Å². The summed E-state index contributed by atoms with van der Waals surface area (Å²) in [5, 5.41) is 0. The first kappa shape index (κ1) is 11.7. The maximum absolute atomic E-state index is 4.21. The molecule has 0 amide bonds. The van der Waals surface area contributed by atoms with Crippen molar-refractivity contribution in [2.24, 2.45) is 0 Å². The van der Waals surface area contributed by atoms with Gasteiger partial charge < -0.3 is 0 Å². The van der Waals surface area contributed by atoms with Crippen LogP contribution in [0.2, 0.25) is 0 Å². The summed E-state index contributed by atoms with van der Waals surface area (Å²) in [5.74, 6) is 0. The van der Waals surface area contributed by atoms with Gasteiger partial charge in [0.2, 0.25) is 0 Å². The Bertz CT molecular complexity index is 363. The quantitative estimate of drug-likeness (QED) is 0.596. The second kappa shape index (κ2) is 6.14. The third kappa shape index (κ3) is 3.38. The lowest BCUT2D eigenvalue weighted by Crippen LogP contribution is -1.71. The maximum atomic E-state index is 4.21. The first-order valence-corrected chi connectivity index (χ1v) is 6.28. The van der Waals surface area contributed by atoms with E-state index in [9.17, 15) is 0 Å². The molecule has 1 aromatic heterocycles. The average molecular weight is 317 g/mol. The van der Waals surface area contributed by atoms with Gasteiger partial charge >= 0.3 is 0 Å². The summed E-state index contributed by atoms with van der Waals surface area (Å²) in [6.07, 6.45) is 11.1. The van der Waals surface area contributed by atoms with Crippen LogP contribution in [0.4, 0.5) is 0 Å². The summed E-state index contributed by atoms with van der Waals surface area (Å²) in [6.45, 7) is 5.92. The number of hydrogen-bond acceptors (Lipinski definition) is 2. The molecule has 0 saturated heterocycles. The van der Waals surface area contributed by atoms with E-state index in [0.29, 0.717) is 0 Å². The molecule has 1 nitrogen and oxygen atoms in total. The fraction of sp³-hybridized carbons (Fsp3) is 0.182. The predicted octanol–water partition coefficient (Wildman–Crippen LogP) is 4.28. The molecule has 1 heterocycles. The summed E-state index contributed by atoms with van der Waals surface area (Å²) >= 11 is 3.90. The zero-order valence-corrected chi connectivity index (χ0v) is 11.0. The number of hydrogen-bond donors (Lipinski definition) is 0. The first-order chi connectivity index (χ1) is 6.77. The minimum absolute atomic E-state index is 1.06. The van der Waals surface area contributed by atoms with Gasteiger partial charge in [-0.15, -0.1) is 11.3 Å². The molecule has 0 bridgehead atoms. The molecule has 0 atom stereocenters. The molecule has 0 aromatic carbocycles. The number of halogens is 1. The van der Waals surface area contributed by atoms with Gasteiger partial charge in [-0.05, 0) is 34.6 Å². The molecule has 0 aliphatic rings. The lowest BCUT2D eigenvalue weighted by atomic mass is 10.2. The predicted molar refractivity (Wildman–Crippen MR) is 72.4 cm³/mol. The molecule has 0 N–H and O–H groups in total. The molecular weight excluding hydrogens is 305 g/mol. The zero-order chi connectivity index (χ0) is 10.4. The van der Waals surface area contributed by atoms with E-state index in [2.05, 4.69) is 59.3 Å². The van der Waals surface area contributed by atoms with E-state index in [1.165, 1.54) is 4.88 Å². The Morgan fingerprint density at radius 2 is 2.50 bits per heavy atom. The summed E-state index contributed by atoms with van der Waals surface area (Å²) in [7, 11) is 0. The number of allylic oxidation sites excluding steroid dienone is 5. The van der Waals surface area contributed by atoms with Gasteiger partial charge in [0, 0.05) is 6.20 Å². The standard InChI is InChI=1S/C11H12INS/c1-3-5-6-7-9(4-2)10-8-13-11(12)14-10/h4-8H,2-3H2,1H3/b6-5-,9-7+.